The molecule has 1 aromatic heterocycles. The van der Waals surface area contributed by atoms with Crippen LogP contribution in [0.3, 0.4) is 0 Å². The van der Waals surface area contributed by atoms with Crippen molar-refractivity contribution in [1.29, 1.82) is 0 Å². The number of hydrogen-bond donors (Lipinski definition) is 2. The smallest absolute Gasteiger partial charge is 0.311 e. The van der Waals surface area contributed by atoms with Crippen molar-refractivity contribution >= 4 is 17.6 Å². The molecule has 0 spiro atoms. The molecule has 134 valence electrons. The van der Waals surface area contributed by atoms with Gasteiger partial charge in [-0.1, -0.05) is 39.8 Å². The van der Waals surface area contributed by atoms with Gasteiger partial charge in [0, 0.05) is 11.3 Å². The highest BCUT2D eigenvalue weighted by Crippen LogP contribution is 2.29. The Hall–Kier alpha value is -2.56. The maximum absolute atomic E-state index is 12.7. The molecule has 1 amide bonds. The number of anilines is 1. The number of carbonyl (C=O) groups is 2. The Morgan fingerprint density at radius 2 is 1.84 bits per heavy atom. The Morgan fingerprint density at radius 1 is 1.16 bits per heavy atom. The summed E-state index contributed by atoms with van der Waals surface area (Å²) in [4.78, 5) is 23.7. The van der Waals surface area contributed by atoms with Gasteiger partial charge in [-0.05, 0) is 36.0 Å². The van der Waals surface area contributed by atoms with Crippen LogP contribution in [-0.2, 0) is 11.2 Å². The highest BCUT2D eigenvalue weighted by atomic mass is 16.4. The van der Waals surface area contributed by atoms with Crippen molar-refractivity contribution in [2.24, 2.45) is 0 Å². The zero-order chi connectivity index (χ0) is 18.7. The van der Waals surface area contributed by atoms with Crippen molar-refractivity contribution in [2.75, 3.05) is 5.32 Å². The Kier molecular flexibility index (Phi) is 5.67. The summed E-state index contributed by atoms with van der Waals surface area (Å²) < 4.78 is 5.25. The molecule has 0 radical (unpaired) electrons. The minimum atomic E-state index is -1.03. The van der Waals surface area contributed by atoms with Gasteiger partial charge in [-0.25, -0.2) is 0 Å². The van der Waals surface area contributed by atoms with Crippen LogP contribution in [0, 0.1) is 6.92 Å². The fourth-order valence-corrected chi connectivity index (χ4v) is 2.79. The Bertz CT molecular complexity index is 787. The monoisotopic (exact) mass is 343 g/mol. The molecule has 0 saturated carbocycles. The van der Waals surface area contributed by atoms with Crippen LogP contribution in [0.5, 0.6) is 0 Å². The Labute approximate surface area is 148 Å². The molecule has 0 atom stereocenters. The first-order chi connectivity index (χ1) is 11.7. The van der Waals surface area contributed by atoms with E-state index in [1.165, 1.54) is 11.8 Å². The summed E-state index contributed by atoms with van der Waals surface area (Å²) in [7, 11) is 0. The molecule has 0 aliphatic carbocycles. The Balaban J connectivity index is 2.35. The lowest BCUT2D eigenvalue weighted by atomic mass is 9.94. The van der Waals surface area contributed by atoms with Gasteiger partial charge in [-0.3, -0.25) is 9.59 Å². The fraction of sp³-hybridized carbons (Fsp3) is 0.400. The molecule has 2 aromatic rings. The number of carbonyl (C=O) groups excluding carboxylic acids is 1. The lowest BCUT2D eigenvalue weighted by molar-refractivity contribution is -0.136. The molecular weight excluding hydrogens is 318 g/mol. The Morgan fingerprint density at radius 3 is 2.40 bits per heavy atom. The molecule has 0 unspecified atom stereocenters. The van der Waals surface area contributed by atoms with Gasteiger partial charge in [-0.15, -0.1) is 0 Å². The number of aryl methyl sites for hydroxylation is 1. The van der Waals surface area contributed by atoms with Crippen molar-refractivity contribution in [1.82, 2.24) is 0 Å². The zero-order valence-electron chi connectivity index (χ0n) is 15.3. The molecule has 0 bridgehead atoms. The molecule has 0 saturated heterocycles. The van der Waals surface area contributed by atoms with Crippen LogP contribution in [0.4, 0.5) is 5.69 Å². The van der Waals surface area contributed by atoms with Crippen LogP contribution in [0.25, 0.3) is 0 Å². The van der Waals surface area contributed by atoms with E-state index < -0.39 is 5.97 Å². The van der Waals surface area contributed by atoms with E-state index in [2.05, 4.69) is 39.1 Å². The summed E-state index contributed by atoms with van der Waals surface area (Å²) in [5.41, 5.74) is 3.93. The van der Waals surface area contributed by atoms with Gasteiger partial charge >= 0.3 is 5.97 Å². The van der Waals surface area contributed by atoms with Gasteiger partial charge in [0.1, 0.15) is 12.2 Å². The van der Waals surface area contributed by atoms with Gasteiger partial charge < -0.3 is 14.8 Å². The number of benzene rings is 1. The van der Waals surface area contributed by atoms with E-state index in [1.54, 1.807) is 6.92 Å². The topological polar surface area (TPSA) is 79.5 Å². The van der Waals surface area contributed by atoms with Gasteiger partial charge in [0.2, 0.25) is 0 Å². The normalized spacial score (nSPS) is 11.2. The first kappa shape index (κ1) is 18.8. The molecule has 25 heavy (non-hydrogen) atoms. The van der Waals surface area contributed by atoms with Crippen molar-refractivity contribution in [3.8, 4) is 0 Å². The highest BCUT2D eigenvalue weighted by molar-refractivity contribution is 6.06. The van der Waals surface area contributed by atoms with E-state index in [0.29, 0.717) is 17.0 Å². The van der Waals surface area contributed by atoms with Gasteiger partial charge in [-0.2, -0.15) is 0 Å². The highest BCUT2D eigenvalue weighted by Gasteiger charge is 2.22. The zero-order valence-corrected chi connectivity index (χ0v) is 15.3. The van der Waals surface area contributed by atoms with Gasteiger partial charge in [0.05, 0.1) is 11.8 Å². The minimum Gasteiger partial charge on any atom is -0.481 e. The molecule has 2 N–H and O–H groups in total. The third kappa shape index (κ3) is 4.29. The summed E-state index contributed by atoms with van der Waals surface area (Å²) in [6, 6.07) is 6.03. The molecule has 1 heterocycles. The van der Waals surface area contributed by atoms with E-state index in [9.17, 15) is 9.59 Å². The summed E-state index contributed by atoms with van der Waals surface area (Å²) in [5.74, 6) is -0.555. The SMILES string of the molecule is Cc1coc(CC(=O)O)c1C(=O)Nc1ccc(C(C)C)cc1C(C)C. The first-order valence-electron chi connectivity index (χ1n) is 8.44. The van der Waals surface area contributed by atoms with Crippen LogP contribution in [0.1, 0.15) is 72.3 Å². The predicted molar refractivity (Wildman–Crippen MR) is 97.4 cm³/mol. The largest absolute Gasteiger partial charge is 0.481 e. The first-order valence-corrected chi connectivity index (χ1v) is 8.44. The third-order valence-corrected chi connectivity index (χ3v) is 4.20. The average Bonchev–Trinajstić information content (AvgIpc) is 2.87. The fourth-order valence-electron chi connectivity index (χ4n) is 2.79. The number of hydrogen-bond acceptors (Lipinski definition) is 3. The number of furan rings is 1. The van der Waals surface area contributed by atoms with Gasteiger partial charge in [0.15, 0.2) is 0 Å². The summed E-state index contributed by atoms with van der Waals surface area (Å²) >= 11 is 0. The van der Waals surface area contributed by atoms with Crippen LogP contribution in [0.2, 0.25) is 0 Å². The molecule has 2 rings (SSSR count). The second kappa shape index (κ2) is 7.55. The number of amides is 1. The van der Waals surface area contributed by atoms with E-state index in [-0.39, 0.29) is 24.0 Å². The second-order valence-corrected chi connectivity index (χ2v) is 6.90. The van der Waals surface area contributed by atoms with Crippen LogP contribution in [0.15, 0.2) is 28.9 Å². The lowest BCUT2D eigenvalue weighted by Gasteiger charge is -2.17. The molecule has 5 heteroatoms. The van der Waals surface area contributed by atoms with E-state index >= 15 is 0 Å². The van der Waals surface area contributed by atoms with Crippen LogP contribution < -0.4 is 5.32 Å². The van der Waals surface area contributed by atoms with Crippen molar-refractivity contribution in [3.05, 3.63) is 52.5 Å². The standard InChI is InChI=1S/C20H25NO4/c1-11(2)14-6-7-16(15(8-14)12(3)4)21-20(24)19-13(5)10-25-17(19)9-18(22)23/h6-8,10-12H,9H2,1-5H3,(H,21,24)(H,22,23). The predicted octanol–water partition coefficient (Wildman–Crippen LogP) is 4.71. The number of carboxylic acids is 1. The molecule has 0 fully saturated rings. The third-order valence-electron chi connectivity index (χ3n) is 4.20. The number of carboxylic acid groups (broad SMARTS) is 1. The van der Waals surface area contributed by atoms with E-state index in [0.717, 1.165) is 11.3 Å². The molecular formula is C20H25NO4. The summed E-state index contributed by atoms with van der Waals surface area (Å²) in [6.45, 7) is 10.1. The molecule has 0 aliphatic heterocycles. The van der Waals surface area contributed by atoms with Gasteiger partial charge in [0.25, 0.3) is 5.91 Å². The van der Waals surface area contributed by atoms with Crippen LogP contribution in [-0.4, -0.2) is 17.0 Å². The average molecular weight is 343 g/mol. The second-order valence-electron chi connectivity index (χ2n) is 6.90. The molecule has 5 nitrogen and oxygen atoms in total. The number of aliphatic carboxylic acids is 1. The molecule has 1 aromatic carbocycles. The van der Waals surface area contributed by atoms with E-state index in [4.69, 9.17) is 9.52 Å². The quantitative estimate of drug-likeness (QED) is 0.796. The van der Waals surface area contributed by atoms with Crippen LogP contribution >= 0.6 is 0 Å². The van der Waals surface area contributed by atoms with Crippen molar-refractivity contribution < 1.29 is 19.1 Å². The van der Waals surface area contributed by atoms with Crippen molar-refractivity contribution in [3.63, 3.8) is 0 Å². The maximum Gasteiger partial charge on any atom is 0.311 e. The van der Waals surface area contributed by atoms with Crippen molar-refractivity contribution in [2.45, 2.75) is 52.9 Å². The summed E-state index contributed by atoms with van der Waals surface area (Å²) in [6.07, 6.45) is 1.10. The minimum absolute atomic E-state index is 0.174. The number of nitrogens with one attached hydrogen (secondary N) is 1. The maximum atomic E-state index is 12.7. The number of rotatable bonds is 6. The lowest BCUT2D eigenvalue weighted by Crippen LogP contribution is -2.17. The summed E-state index contributed by atoms with van der Waals surface area (Å²) in [5, 5.41) is 11.9. The molecule has 0 aliphatic rings. The van der Waals surface area contributed by atoms with E-state index in [1.807, 2.05) is 12.1 Å².